The second-order valence-corrected chi connectivity index (χ2v) is 9.13. The summed E-state index contributed by atoms with van der Waals surface area (Å²) in [6, 6.07) is 19.6. The van der Waals surface area contributed by atoms with E-state index in [0.717, 1.165) is 27.8 Å². The molecule has 0 spiro atoms. The number of carbonyl (C=O) groups excluding carboxylic acids is 3. The number of ether oxygens (including phenoxy) is 3. The van der Waals surface area contributed by atoms with Crippen LogP contribution < -0.4 is 14.2 Å². The lowest BCUT2D eigenvalue weighted by Crippen LogP contribution is -2.32. The van der Waals surface area contributed by atoms with Gasteiger partial charge in [0.15, 0.2) is 11.5 Å². The Labute approximate surface area is 213 Å². The van der Waals surface area contributed by atoms with Crippen molar-refractivity contribution in [2.24, 2.45) is 0 Å². The van der Waals surface area contributed by atoms with Gasteiger partial charge in [-0.25, -0.2) is 4.79 Å². The molecule has 0 bridgehead atoms. The average Bonchev–Trinajstić information content (AvgIpc) is 3.12. The van der Waals surface area contributed by atoms with Gasteiger partial charge in [0.2, 0.25) is 0 Å². The molecule has 184 valence electrons. The Morgan fingerprint density at radius 3 is 2.44 bits per heavy atom. The van der Waals surface area contributed by atoms with E-state index in [1.165, 1.54) is 13.2 Å². The topological polar surface area (TPSA) is 82.1 Å². The van der Waals surface area contributed by atoms with E-state index in [4.69, 9.17) is 14.2 Å². The first-order valence-corrected chi connectivity index (χ1v) is 12.1. The molecule has 4 rings (SSSR count). The predicted octanol–water partition coefficient (Wildman–Crippen LogP) is 5.65. The van der Waals surface area contributed by atoms with Crippen LogP contribution in [0.2, 0.25) is 0 Å². The number of carbonyl (C=O) groups is 3. The van der Waals surface area contributed by atoms with Crippen LogP contribution in [0, 0.1) is 13.8 Å². The standard InChI is InChI=1S/C28H25NO6S/c1-18-10-12-20(13-11-18)27(31)35-25-21(7-5-9-23(25)33-3)17-24-26(30)29(28(32)36-24)14-15-34-22-8-4-6-19(2)16-22/h4-13,16-17H,14-15H2,1-3H3/b24-17-. The normalized spacial score (nSPS) is 14.3. The van der Waals surface area contributed by atoms with E-state index in [-0.39, 0.29) is 29.0 Å². The molecule has 1 aliphatic heterocycles. The summed E-state index contributed by atoms with van der Waals surface area (Å²) in [6.45, 7) is 4.17. The van der Waals surface area contributed by atoms with Gasteiger partial charge < -0.3 is 14.2 Å². The Bertz CT molecular complexity index is 1330. The van der Waals surface area contributed by atoms with Crippen molar-refractivity contribution < 1.29 is 28.6 Å². The molecule has 0 N–H and O–H groups in total. The Morgan fingerprint density at radius 2 is 1.72 bits per heavy atom. The molecule has 0 aliphatic carbocycles. The summed E-state index contributed by atoms with van der Waals surface area (Å²) in [5.74, 6) is 0.177. The van der Waals surface area contributed by atoms with E-state index in [0.29, 0.717) is 22.6 Å². The Morgan fingerprint density at radius 1 is 0.972 bits per heavy atom. The average molecular weight is 504 g/mol. The zero-order valence-corrected chi connectivity index (χ0v) is 21.0. The molecule has 0 saturated carbocycles. The third-order valence-electron chi connectivity index (χ3n) is 5.44. The first-order valence-electron chi connectivity index (χ1n) is 11.3. The molecule has 8 heteroatoms. The van der Waals surface area contributed by atoms with E-state index in [1.54, 1.807) is 30.3 Å². The molecule has 3 aromatic carbocycles. The molecule has 7 nitrogen and oxygen atoms in total. The first-order chi connectivity index (χ1) is 17.4. The van der Waals surface area contributed by atoms with Crippen molar-refractivity contribution in [2.45, 2.75) is 13.8 Å². The molecule has 3 aromatic rings. The third-order valence-corrected chi connectivity index (χ3v) is 6.35. The third kappa shape index (κ3) is 5.78. The number of amides is 2. The van der Waals surface area contributed by atoms with Gasteiger partial charge in [-0.2, -0.15) is 0 Å². The minimum Gasteiger partial charge on any atom is -0.493 e. The fourth-order valence-corrected chi connectivity index (χ4v) is 4.41. The maximum Gasteiger partial charge on any atom is 0.343 e. The van der Waals surface area contributed by atoms with Gasteiger partial charge in [-0.15, -0.1) is 0 Å². The fourth-order valence-electron chi connectivity index (χ4n) is 3.55. The lowest BCUT2D eigenvalue weighted by molar-refractivity contribution is -0.123. The summed E-state index contributed by atoms with van der Waals surface area (Å²) in [5, 5.41) is -0.389. The maximum atomic E-state index is 13.0. The van der Waals surface area contributed by atoms with Gasteiger partial charge in [0.25, 0.3) is 11.1 Å². The highest BCUT2D eigenvalue weighted by Gasteiger charge is 2.35. The van der Waals surface area contributed by atoms with Crippen LogP contribution in [0.25, 0.3) is 6.08 Å². The molecule has 36 heavy (non-hydrogen) atoms. The number of aryl methyl sites for hydroxylation is 2. The number of benzene rings is 3. The highest BCUT2D eigenvalue weighted by atomic mass is 32.2. The lowest BCUT2D eigenvalue weighted by atomic mass is 10.1. The second-order valence-electron chi connectivity index (χ2n) is 8.13. The van der Waals surface area contributed by atoms with Crippen LogP contribution in [0.15, 0.2) is 71.6 Å². The largest absolute Gasteiger partial charge is 0.493 e. The van der Waals surface area contributed by atoms with Crippen LogP contribution in [-0.2, 0) is 4.79 Å². The van der Waals surface area contributed by atoms with E-state index in [9.17, 15) is 14.4 Å². The Hall–Kier alpha value is -4.04. The summed E-state index contributed by atoms with van der Waals surface area (Å²) >= 11 is 0.826. The lowest BCUT2D eigenvalue weighted by Gasteiger charge is -2.14. The number of para-hydroxylation sites is 1. The maximum absolute atomic E-state index is 13.0. The number of rotatable bonds is 8. The van der Waals surface area contributed by atoms with Gasteiger partial charge in [0, 0.05) is 5.56 Å². The van der Waals surface area contributed by atoms with Crippen molar-refractivity contribution in [1.82, 2.24) is 4.90 Å². The van der Waals surface area contributed by atoms with Crippen LogP contribution in [0.1, 0.15) is 27.0 Å². The highest BCUT2D eigenvalue weighted by molar-refractivity contribution is 8.18. The van der Waals surface area contributed by atoms with Gasteiger partial charge in [-0.05, 0) is 67.6 Å². The van der Waals surface area contributed by atoms with Crippen LogP contribution >= 0.6 is 11.8 Å². The SMILES string of the molecule is COc1cccc(/C=C2\SC(=O)N(CCOc3cccc(C)c3)C2=O)c1OC(=O)c1ccc(C)cc1. The van der Waals surface area contributed by atoms with Gasteiger partial charge >= 0.3 is 5.97 Å². The van der Waals surface area contributed by atoms with Crippen molar-refractivity contribution in [3.8, 4) is 17.2 Å². The van der Waals surface area contributed by atoms with Gasteiger partial charge in [-0.3, -0.25) is 14.5 Å². The van der Waals surface area contributed by atoms with Crippen LogP contribution in [0.3, 0.4) is 0 Å². The molecule has 1 saturated heterocycles. The smallest absolute Gasteiger partial charge is 0.343 e. The van der Waals surface area contributed by atoms with Crippen LogP contribution in [0.5, 0.6) is 17.2 Å². The molecule has 0 radical (unpaired) electrons. The summed E-state index contributed by atoms with van der Waals surface area (Å²) in [4.78, 5) is 39.6. The van der Waals surface area contributed by atoms with E-state index in [2.05, 4.69) is 0 Å². The summed E-state index contributed by atoms with van der Waals surface area (Å²) in [6.07, 6.45) is 1.53. The van der Waals surface area contributed by atoms with Gasteiger partial charge in [-0.1, -0.05) is 42.0 Å². The molecule has 0 aromatic heterocycles. The van der Waals surface area contributed by atoms with E-state index in [1.807, 2.05) is 50.2 Å². The van der Waals surface area contributed by atoms with Gasteiger partial charge in [0.05, 0.1) is 24.1 Å². The molecule has 0 atom stereocenters. The Kier molecular flexibility index (Phi) is 7.75. The highest BCUT2D eigenvalue weighted by Crippen LogP contribution is 2.37. The number of methoxy groups -OCH3 is 1. The van der Waals surface area contributed by atoms with Crippen molar-refractivity contribution in [3.63, 3.8) is 0 Å². The quantitative estimate of drug-likeness (QED) is 0.223. The first kappa shape index (κ1) is 25.1. The van der Waals surface area contributed by atoms with Crippen molar-refractivity contribution in [3.05, 3.63) is 93.9 Å². The molecule has 0 unspecified atom stereocenters. The minimum absolute atomic E-state index is 0.114. The summed E-state index contributed by atoms with van der Waals surface area (Å²) in [7, 11) is 1.46. The molecule has 1 aliphatic rings. The molecular weight excluding hydrogens is 478 g/mol. The Balaban J connectivity index is 1.51. The minimum atomic E-state index is -0.560. The van der Waals surface area contributed by atoms with Crippen molar-refractivity contribution in [2.75, 3.05) is 20.3 Å². The second kappa shape index (κ2) is 11.1. The number of imide groups is 1. The zero-order valence-electron chi connectivity index (χ0n) is 20.1. The molecule has 2 amide bonds. The summed E-state index contributed by atoms with van der Waals surface area (Å²) in [5.41, 5.74) is 2.89. The summed E-state index contributed by atoms with van der Waals surface area (Å²) < 4.78 is 16.7. The number of hydrogen-bond acceptors (Lipinski definition) is 7. The predicted molar refractivity (Wildman–Crippen MR) is 138 cm³/mol. The number of hydrogen-bond donors (Lipinski definition) is 0. The fraction of sp³-hybridized carbons (Fsp3) is 0.179. The monoisotopic (exact) mass is 503 g/mol. The molecule has 1 heterocycles. The zero-order chi connectivity index (χ0) is 25.7. The van der Waals surface area contributed by atoms with Crippen LogP contribution in [-0.4, -0.2) is 42.3 Å². The number of nitrogens with zero attached hydrogens (tertiary/aromatic N) is 1. The molecular formula is C28H25NO6S. The number of esters is 1. The molecule has 1 fully saturated rings. The van der Waals surface area contributed by atoms with Crippen molar-refractivity contribution in [1.29, 1.82) is 0 Å². The van der Waals surface area contributed by atoms with E-state index < -0.39 is 11.9 Å². The van der Waals surface area contributed by atoms with Crippen molar-refractivity contribution >= 4 is 35.0 Å². The van der Waals surface area contributed by atoms with E-state index >= 15 is 0 Å². The van der Waals surface area contributed by atoms with Crippen LogP contribution in [0.4, 0.5) is 4.79 Å². The number of thioether (sulfide) groups is 1. The van der Waals surface area contributed by atoms with Gasteiger partial charge in [0.1, 0.15) is 12.4 Å².